The van der Waals surface area contributed by atoms with Crippen LogP contribution in [0.1, 0.15) is 22.7 Å². The molecule has 1 aromatic heterocycles. The molecule has 3 nitrogen and oxygen atoms in total. The third kappa shape index (κ3) is 4.74. The maximum atomic E-state index is 5.63. The molecule has 0 fully saturated rings. The topological polar surface area (TPSA) is 42.2 Å². The summed E-state index contributed by atoms with van der Waals surface area (Å²) < 4.78 is 0. The summed E-state index contributed by atoms with van der Waals surface area (Å²) in [7, 11) is 0. The molecule has 0 saturated carbocycles. The molecule has 0 aliphatic carbocycles. The molecule has 0 aliphatic heterocycles. The third-order valence-corrected chi connectivity index (χ3v) is 3.80. The van der Waals surface area contributed by atoms with E-state index >= 15 is 0 Å². The molecule has 0 aliphatic rings. The molecular formula is C15H21N3S. The second kappa shape index (κ2) is 7.38. The summed E-state index contributed by atoms with van der Waals surface area (Å²) in [5.41, 5.74) is 8.13. The van der Waals surface area contributed by atoms with Gasteiger partial charge in [0.15, 0.2) is 0 Å². The fourth-order valence-electron chi connectivity index (χ4n) is 2.08. The van der Waals surface area contributed by atoms with Gasteiger partial charge in [-0.25, -0.2) is 4.98 Å². The van der Waals surface area contributed by atoms with Crippen LogP contribution in [0.4, 0.5) is 0 Å². The minimum Gasteiger partial charge on any atom is -0.330 e. The fraction of sp³-hybridized carbons (Fsp3) is 0.400. The highest BCUT2D eigenvalue weighted by Crippen LogP contribution is 2.13. The van der Waals surface area contributed by atoms with Crippen molar-refractivity contribution in [2.24, 2.45) is 5.73 Å². The molecule has 0 bridgehead atoms. The van der Waals surface area contributed by atoms with E-state index in [1.54, 1.807) is 11.3 Å². The Hall–Kier alpha value is -1.23. The van der Waals surface area contributed by atoms with E-state index in [1.807, 2.05) is 0 Å². The van der Waals surface area contributed by atoms with E-state index in [-0.39, 0.29) is 0 Å². The van der Waals surface area contributed by atoms with Crippen LogP contribution in [-0.2, 0) is 13.1 Å². The van der Waals surface area contributed by atoms with E-state index in [0.29, 0.717) is 0 Å². The van der Waals surface area contributed by atoms with E-state index < -0.39 is 0 Å². The summed E-state index contributed by atoms with van der Waals surface area (Å²) in [5.74, 6) is 0. The van der Waals surface area contributed by atoms with Crippen molar-refractivity contribution < 1.29 is 0 Å². The predicted molar refractivity (Wildman–Crippen MR) is 81.1 cm³/mol. The predicted octanol–water partition coefficient (Wildman–Crippen LogP) is 2.80. The lowest BCUT2D eigenvalue weighted by atomic mass is 10.2. The summed E-state index contributed by atoms with van der Waals surface area (Å²) in [4.78, 5) is 6.96. The van der Waals surface area contributed by atoms with Gasteiger partial charge in [-0.2, -0.15) is 0 Å². The highest BCUT2D eigenvalue weighted by atomic mass is 32.1. The molecular weight excluding hydrogens is 254 g/mol. The van der Waals surface area contributed by atoms with Crippen molar-refractivity contribution in [2.75, 3.05) is 13.1 Å². The second-order valence-electron chi connectivity index (χ2n) is 4.70. The SMILES string of the molecule is Cc1nc(CN(CCCN)Cc2ccccc2)cs1. The molecule has 0 radical (unpaired) electrons. The van der Waals surface area contributed by atoms with Gasteiger partial charge >= 0.3 is 0 Å². The Kier molecular flexibility index (Phi) is 5.51. The monoisotopic (exact) mass is 275 g/mol. The Morgan fingerprint density at radius 3 is 2.63 bits per heavy atom. The Morgan fingerprint density at radius 1 is 1.21 bits per heavy atom. The van der Waals surface area contributed by atoms with E-state index in [0.717, 1.165) is 43.3 Å². The highest BCUT2D eigenvalue weighted by Gasteiger charge is 2.08. The molecule has 19 heavy (non-hydrogen) atoms. The van der Waals surface area contributed by atoms with Crippen molar-refractivity contribution in [3.05, 3.63) is 52.0 Å². The number of thiazole rings is 1. The number of hydrogen-bond acceptors (Lipinski definition) is 4. The maximum absolute atomic E-state index is 5.63. The van der Waals surface area contributed by atoms with Crippen molar-refractivity contribution in [1.82, 2.24) is 9.88 Å². The lowest BCUT2D eigenvalue weighted by Gasteiger charge is -2.21. The first-order chi connectivity index (χ1) is 9.28. The molecule has 0 amide bonds. The van der Waals surface area contributed by atoms with Gasteiger partial charge in [0.05, 0.1) is 10.7 Å². The van der Waals surface area contributed by atoms with Gasteiger partial charge in [0.2, 0.25) is 0 Å². The number of nitrogens with zero attached hydrogens (tertiary/aromatic N) is 2. The van der Waals surface area contributed by atoms with E-state index in [2.05, 4.69) is 52.5 Å². The van der Waals surface area contributed by atoms with Gasteiger partial charge in [0, 0.05) is 25.0 Å². The van der Waals surface area contributed by atoms with Crippen molar-refractivity contribution >= 4 is 11.3 Å². The molecule has 4 heteroatoms. The fourth-order valence-corrected chi connectivity index (χ4v) is 2.68. The molecule has 2 N–H and O–H groups in total. The maximum Gasteiger partial charge on any atom is 0.0897 e. The number of nitrogens with two attached hydrogens (primary N) is 1. The van der Waals surface area contributed by atoms with Crippen LogP contribution < -0.4 is 5.73 Å². The molecule has 2 rings (SSSR count). The molecule has 102 valence electrons. The van der Waals surface area contributed by atoms with Crippen LogP contribution in [0.5, 0.6) is 0 Å². The Labute approximate surface area is 119 Å². The van der Waals surface area contributed by atoms with Gasteiger partial charge in [0.1, 0.15) is 0 Å². The average molecular weight is 275 g/mol. The average Bonchev–Trinajstić information content (AvgIpc) is 2.82. The first kappa shape index (κ1) is 14.2. The van der Waals surface area contributed by atoms with Crippen LogP contribution in [0.3, 0.4) is 0 Å². The van der Waals surface area contributed by atoms with Crippen LogP contribution in [0.25, 0.3) is 0 Å². The minimum absolute atomic E-state index is 0.737. The van der Waals surface area contributed by atoms with Crippen LogP contribution in [-0.4, -0.2) is 23.0 Å². The zero-order chi connectivity index (χ0) is 13.5. The quantitative estimate of drug-likeness (QED) is 0.845. The Bertz CT molecular complexity index is 481. The van der Waals surface area contributed by atoms with Crippen molar-refractivity contribution in [1.29, 1.82) is 0 Å². The first-order valence-corrected chi connectivity index (χ1v) is 7.53. The van der Waals surface area contributed by atoms with Gasteiger partial charge in [-0.3, -0.25) is 4.90 Å². The summed E-state index contributed by atoms with van der Waals surface area (Å²) in [6.07, 6.45) is 1.02. The standard InChI is InChI=1S/C15H21N3S/c1-13-17-15(12-19-13)11-18(9-5-8-16)10-14-6-3-2-4-7-14/h2-4,6-7,12H,5,8-11,16H2,1H3. The van der Waals surface area contributed by atoms with Crippen molar-refractivity contribution in [3.8, 4) is 0 Å². The zero-order valence-corrected chi connectivity index (χ0v) is 12.2. The van der Waals surface area contributed by atoms with E-state index in [4.69, 9.17) is 5.73 Å². The summed E-state index contributed by atoms with van der Waals surface area (Å²) in [5, 5.41) is 3.28. The lowest BCUT2D eigenvalue weighted by molar-refractivity contribution is 0.252. The number of aromatic nitrogens is 1. The number of hydrogen-bond donors (Lipinski definition) is 1. The minimum atomic E-state index is 0.737. The van der Waals surface area contributed by atoms with Gasteiger partial charge in [0.25, 0.3) is 0 Å². The number of aryl methyl sites for hydroxylation is 1. The Morgan fingerprint density at radius 2 is 2.00 bits per heavy atom. The third-order valence-electron chi connectivity index (χ3n) is 2.98. The van der Waals surface area contributed by atoms with Gasteiger partial charge in [-0.15, -0.1) is 11.3 Å². The zero-order valence-electron chi connectivity index (χ0n) is 11.4. The lowest BCUT2D eigenvalue weighted by Crippen LogP contribution is -2.25. The Balaban J connectivity index is 1.99. The molecule has 0 unspecified atom stereocenters. The highest BCUT2D eigenvalue weighted by molar-refractivity contribution is 7.09. The number of benzene rings is 1. The molecule has 2 aromatic rings. The van der Waals surface area contributed by atoms with Crippen LogP contribution >= 0.6 is 11.3 Å². The van der Waals surface area contributed by atoms with Crippen LogP contribution in [0.15, 0.2) is 35.7 Å². The van der Waals surface area contributed by atoms with Crippen molar-refractivity contribution in [3.63, 3.8) is 0 Å². The molecule has 1 aromatic carbocycles. The summed E-state index contributed by atoms with van der Waals surface area (Å²) in [6.45, 7) is 5.66. The molecule has 0 spiro atoms. The van der Waals surface area contributed by atoms with E-state index in [1.165, 1.54) is 5.56 Å². The summed E-state index contributed by atoms with van der Waals surface area (Å²) in [6, 6.07) is 10.6. The van der Waals surface area contributed by atoms with Gasteiger partial charge in [-0.05, 0) is 25.5 Å². The normalized spacial score (nSPS) is 11.1. The molecule has 0 atom stereocenters. The smallest absolute Gasteiger partial charge is 0.0897 e. The van der Waals surface area contributed by atoms with Crippen LogP contribution in [0.2, 0.25) is 0 Å². The van der Waals surface area contributed by atoms with Gasteiger partial charge < -0.3 is 5.73 Å². The first-order valence-electron chi connectivity index (χ1n) is 6.65. The van der Waals surface area contributed by atoms with Gasteiger partial charge in [-0.1, -0.05) is 30.3 Å². The second-order valence-corrected chi connectivity index (χ2v) is 5.76. The van der Waals surface area contributed by atoms with Crippen molar-refractivity contribution in [2.45, 2.75) is 26.4 Å². The van der Waals surface area contributed by atoms with Crippen LogP contribution in [0, 0.1) is 6.92 Å². The van der Waals surface area contributed by atoms with E-state index in [9.17, 15) is 0 Å². The summed E-state index contributed by atoms with van der Waals surface area (Å²) >= 11 is 1.71. The largest absolute Gasteiger partial charge is 0.330 e. The number of rotatable bonds is 7. The molecule has 0 saturated heterocycles. The molecule has 1 heterocycles.